The Labute approximate surface area is 253 Å². The number of aromatic nitrogens is 2. The zero-order chi connectivity index (χ0) is 30.2. The average Bonchev–Trinajstić information content (AvgIpc) is 3.39. The highest BCUT2D eigenvalue weighted by Gasteiger charge is 2.55. The number of anilines is 1. The van der Waals surface area contributed by atoms with E-state index < -0.39 is 41.5 Å². The van der Waals surface area contributed by atoms with Crippen LogP contribution in [-0.2, 0) is 33.5 Å². The van der Waals surface area contributed by atoms with Crippen molar-refractivity contribution in [3.05, 3.63) is 69.8 Å². The van der Waals surface area contributed by atoms with Gasteiger partial charge in [0.25, 0.3) is 11.8 Å². The lowest BCUT2D eigenvalue weighted by Crippen LogP contribution is -2.71. The van der Waals surface area contributed by atoms with Crippen molar-refractivity contribution >= 4 is 75.5 Å². The van der Waals surface area contributed by atoms with Crippen molar-refractivity contribution in [2.75, 3.05) is 18.1 Å². The van der Waals surface area contributed by atoms with Gasteiger partial charge in [0.2, 0.25) is 6.29 Å². The van der Waals surface area contributed by atoms with Crippen molar-refractivity contribution in [3.8, 4) is 0 Å². The van der Waals surface area contributed by atoms with Gasteiger partial charge in [0.15, 0.2) is 10.8 Å². The molecule has 13 nitrogen and oxygen atoms in total. The molecule has 0 aliphatic carbocycles. The van der Waals surface area contributed by atoms with Gasteiger partial charge in [-0.25, -0.2) is 9.78 Å². The van der Waals surface area contributed by atoms with Gasteiger partial charge in [-0.15, -0.1) is 23.1 Å². The standard InChI is InChI=1S/C26H26N6O7S3/c1-4-9-37-31-19(17-12-42-26(27)29-17)22(34)30-20-23(35)32-21(25(36)39-15(3)38-14(2)33)18(13-41-24(20)32)40-10-7-16-6-5-8-28-11-16/h4-8,10-12,15,20,24H,1,9,13H2,2-3H3,(H2,27,29)(H,30,34)/t15?,20?,24-/m0/s1. The summed E-state index contributed by atoms with van der Waals surface area (Å²) in [4.78, 5) is 66.3. The van der Waals surface area contributed by atoms with Crippen LogP contribution < -0.4 is 11.1 Å². The molecule has 0 saturated carbocycles. The SMILES string of the molecule is C=CCON=C(C(=O)NC1C(=O)N2C(C(=O)OC(C)OC(C)=O)=C(SC=Cc3cccnc3)CS[C@@H]12)c1csc(N)n1. The summed E-state index contributed by atoms with van der Waals surface area (Å²) in [7, 11) is 0. The maximum absolute atomic E-state index is 13.4. The zero-order valence-electron chi connectivity index (χ0n) is 22.4. The molecule has 2 aromatic heterocycles. The molecule has 2 aliphatic rings. The highest BCUT2D eigenvalue weighted by Crippen LogP contribution is 2.44. The highest BCUT2D eigenvalue weighted by molar-refractivity contribution is 8.08. The Morgan fingerprint density at radius 3 is 2.86 bits per heavy atom. The Balaban J connectivity index is 1.55. The first-order valence-corrected chi connectivity index (χ1v) is 15.1. The zero-order valence-corrected chi connectivity index (χ0v) is 24.9. The maximum Gasteiger partial charge on any atom is 0.359 e. The average molecular weight is 631 g/mol. The number of fused-ring (bicyclic) bond motifs is 1. The Bertz CT molecular complexity index is 1460. The van der Waals surface area contributed by atoms with Gasteiger partial charge in [0.1, 0.15) is 29.4 Å². The van der Waals surface area contributed by atoms with Crippen molar-refractivity contribution in [1.82, 2.24) is 20.2 Å². The molecule has 16 heteroatoms. The Morgan fingerprint density at radius 2 is 2.19 bits per heavy atom. The normalized spacial score (nSPS) is 19.0. The van der Waals surface area contributed by atoms with Crippen LogP contribution in [0.4, 0.5) is 5.13 Å². The van der Waals surface area contributed by atoms with Crippen molar-refractivity contribution in [1.29, 1.82) is 0 Å². The minimum absolute atomic E-state index is 0.00423. The Kier molecular flexibility index (Phi) is 10.4. The molecule has 2 aromatic rings. The molecule has 4 heterocycles. The number of carbonyl (C=O) groups is 4. The number of ether oxygens (including phenoxy) is 2. The fourth-order valence-electron chi connectivity index (χ4n) is 3.77. The van der Waals surface area contributed by atoms with E-state index in [4.69, 9.17) is 20.0 Å². The summed E-state index contributed by atoms with van der Waals surface area (Å²) in [5, 5.41) is 9.45. The van der Waals surface area contributed by atoms with Crippen LogP contribution in [0.5, 0.6) is 0 Å². The third-order valence-corrected chi connectivity index (χ3v) is 8.53. The number of hydrogen-bond acceptors (Lipinski definition) is 14. The lowest BCUT2D eigenvalue weighted by atomic mass is 10.0. The lowest BCUT2D eigenvalue weighted by molar-refractivity contribution is -0.182. The van der Waals surface area contributed by atoms with Gasteiger partial charge in [-0.3, -0.25) is 24.3 Å². The quantitative estimate of drug-likeness (QED) is 0.0668. The van der Waals surface area contributed by atoms with Crippen LogP contribution in [0.15, 0.2) is 63.7 Å². The molecular weight excluding hydrogens is 605 g/mol. The van der Waals surface area contributed by atoms with E-state index in [0.29, 0.717) is 10.7 Å². The van der Waals surface area contributed by atoms with Gasteiger partial charge < -0.3 is 25.4 Å². The van der Waals surface area contributed by atoms with E-state index in [2.05, 4.69) is 27.0 Å². The number of nitrogens with one attached hydrogen (secondary N) is 1. The van der Waals surface area contributed by atoms with Gasteiger partial charge in [0.05, 0.1) is 0 Å². The second kappa shape index (κ2) is 14.2. The fraction of sp³-hybridized carbons (Fsp3) is 0.269. The predicted molar refractivity (Wildman–Crippen MR) is 159 cm³/mol. The van der Waals surface area contributed by atoms with Crippen molar-refractivity contribution in [2.45, 2.75) is 31.6 Å². The number of pyridine rings is 1. The summed E-state index contributed by atoms with van der Waals surface area (Å²) in [6.45, 7) is 6.17. The number of oxime groups is 1. The predicted octanol–water partition coefficient (Wildman–Crippen LogP) is 2.49. The number of β-lactam (4-membered cyclic amide) rings is 1. The molecule has 42 heavy (non-hydrogen) atoms. The van der Waals surface area contributed by atoms with Crippen LogP contribution in [0.2, 0.25) is 0 Å². The first kappa shape index (κ1) is 30.8. The van der Waals surface area contributed by atoms with E-state index in [1.165, 1.54) is 48.3 Å². The van der Waals surface area contributed by atoms with Crippen molar-refractivity contribution < 1.29 is 33.5 Å². The molecule has 3 N–H and O–H groups in total. The van der Waals surface area contributed by atoms with Crippen LogP contribution >= 0.6 is 34.9 Å². The van der Waals surface area contributed by atoms with Gasteiger partial charge in [0, 0.05) is 42.3 Å². The minimum atomic E-state index is -1.18. The van der Waals surface area contributed by atoms with Crippen LogP contribution in [0.1, 0.15) is 25.1 Å². The van der Waals surface area contributed by atoms with Gasteiger partial charge in [-0.1, -0.05) is 35.6 Å². The number of esters is 2. The van der Waals surface area contributed by atoms with Crippen molar-refractivity contribution in [3.63, 3.8) is 0 Å². The second-order valence-electron chi connectivity index (χ2n) is 8.52. The third-order valence-electron chi connectivity index (χ3n) is 5.50. The number of nitrogens with two attached hydrogens (primary N) is 1. The molecule has 3 atom stereocenters. The maximum atomic E-state index is 13.4. The molecule has 220 valence electrons. The monoisotopic (exact) mass is 630 g/mol. The van der Waals surface area contributed by atoms with Crippen LogP contribution in [-0.4, -0.2) is 74.4 Å². The number of nitrogens with zero attached hydrogens (tertiary/aromatic N) is 4. The number of rotatable bonds is 12. The Hall–Kier alpha value is -4.15. The molecule has 0 spiro atoms. The second-order valence-corrected chi connectivity index (χ2v) is 11.5. The topological polar surface area (TPSA) is 175 Å². The van der Waals surface area contributed by atoms with E-state index in [1.54, 1.807) is 29.2 Å². The third kappa shape index (κ3) is 7.37. The van der Waals surface area contributed by atoms with E-state index in [0.717, 1.165) is 16.9 Å². The summed E-state index contributed by atoms with van der Waals surface area (Å²) in [5.74, 6) is -2.39. The summed E-state index contributed by atoms with van der Waals surface area (Å²) in [5.41, 5.74) is 6.58. The molecule has 2 amide bonds. The first-order valence-electron chi connectivity index (χ1n) is 12.3. The van der Waals surface area contributed by atoms with E-state index in [1.807, 2.05) is 12.1 Å². The number of nitrogen functional groups attached to an aromatic ring is 1. The van der Waals surface area contributed by atoms with Crippen LogP contribution in [0.3, 0.4) is 0 Å². The van der Waals surface area contributed by atoms with E-state index in [9.17, 15) is 19.2 Å². The molecule has 4 rings (SSSR count). The molecular formula is C26H26N6O7S3. The van der Waals surface area contributed by atoms with E-state index >= 15 is 0 Å². The van der Waals surface area contributed by atoms with Gasteiger partial charge >= 0.3 is 11.9 Å². The smallest absolute Gasteiger partial charge is 0.359 e. The first-order chi connectivity index (χ1) is 20.2. The number of amides is 2. The molecule has 2 unspecified atom stereocenters. The van der Waals surface area contributed by atoms with Crippen LogP contribution in [0.25, 0.3) is 6.08 Å². The fourth-order valence-corrected chi connectivity index (χ4v) is 6.67. The number of hydrogen-bond donors (Lipinski definition) is 2. The summed E-state index contributed by atoms with van der Waals surface area (Å²) in [6, 6.07) is 2.68. The van der Waals surface area contributed by atoms with Crippen LogP contribution in [0, 0.1) is 0 Å². The number of thioether (sulfide) groups is 2. The molecule has 1 saturated heterocycles. The summed E-state index contributed by atoms with van der Waals surface area (Å²) < 4.78 is 10.3. The highest BCUT2D eigenvalue weighted by atomic mass is 32.2. The number of carbonyl (C=O) groups excluding carboxylic acids is 4. The molecule has 0 aromatic carbocycles. The molecule has 0 bridgehead atoms. The molecule has 2 aliphatic heterocycles. The summed E-state index contributed by atoms with van der Waals surface area (Å²) in [6.07, 6.45) is 5.42. The van der Waals surface area contributed by atoms with Gasteiger partial charge in [-0.2, -0.15) is 0 Å². The van der Waals surface area contributed by atoms with Crippen molar-refractivity contribution in [2.24, 2.45) is 5.16 Å². The number of thiazole rings is 1. The molecule has 1 fully saturated rings. The van der Waals surface area contributed by atoms with E-state index in [-0.39, 0.29) is 28.8 Å². The molecule has 0 radical (unpaired) electrons. The largest absolute Gasteiger partial charge is 0.426 e. The minimum Gasteiger partial charge on any atom is -0.426 e. The lowest BCUT2D eigenvalue weighted by Gasteiger charge is -2.49. The Morgan fingerprint density at radius 1 is 1.38 bits per heavy atom. The van der Waals surface area contributed by atoms with Gasteiger partial charge in [-0.05, 0) is 23.1 Å². The summed E-state index contributed by atoms with van der Waals surface area (Å²) >= 11 is 3.71.